The van der Waals surface area contributed by atoms with Crippen molar-refractivity contribution >= 4 is 26.0 Å². The Kier molecular flexibility index (Phi) is 6.19. The minimum atomic E-state index is -3.55. The van der Waals surface area contributed by atoms with Gasteiger partial charge in [0.2, 0.25) is 10.0 Å². The lowest BCUT2D eigenvalue weighted by molar-refractivity contribution is 0.00567. The van der Waals surface area contributed by atoms with Crippen molar-refractivity contribution in [1.29, 1.82) is 0 Å². The average molecular weight is 378 g/mol. The number of ether oxygens (including phenoxy) is 1. The van der Waals surface area contributed by atoms with E-state index >= 15 is 0 Å². The third-order valence-corrected chi connectivity index (χ3v) is 6.14. The van der Waals surface area contributed by atoms with Gasteiger partial charge in [-0.05, 0) is 53.2 Å². The maximum atomic E-state index is 12.2. The molecule has 0 amide bonds. The molecule has 7 heteroatoms. The summed E-state index contributed by atoms with van der Waals surface area (Å²) in [4.78, 5) is 0.213. The van der Waals surface area contributed by atoms with Gasteiger partial charge < -0.3 is 9.84 Å². The van der Waals surface area contributed by atoms with Crippen LogP contribution < -0.4 is 4.72 Å². The lowest BCUT2D eigenvalue weighted by Gasteiger charge is -2.26. The number of nitrogens with one attached hydrogen (secondary N) is 1. The van der Waals surface area contributed by atoms with E-state index in [0.717, 1.165) is 12.8 Å². The fraction of sp³-hybridized carbons (Fsp3) is 0.571. The van der Waals surface area contributed by atoms with E-state index in [4.69, 9.17) is 4.74 Å². The van der Waals surface area contributed by atoms with E-state index in [9.17, 15) is 13.5 Å². The summed E-state index contributed by atoms with van der Waals surface area (Å²) in [5.74, 6) is 0.201. The number of aliphatic hydroxyl groups is 1. The predicted octanol–water partition coefficient (Wildman–Crippen LogP) is 1.90. The molecule has 1 unspecified atom stereocenters. The normalized spacial score (nSPS) is 18.6. The highest BCUT2D eigenvalue weighted by Crippen LogP contribution is 2.22. The van der Waals surface area contributed by atoms with Gasteiger partial charge in [-0.1, -0.05) is 12.1 Å². The first-order valence-corrected chi connectivity index (χ1v) is 9.28. The molecule has 0 radical (unpaired) electrons. The van der Waals surface area contributed by atoms with Crippen molar-refractivity contribution in [3.05, 3.63) is 28.7 Å². The summed E-state index contributed by atoms with van der Waals surface area (Å²) in [5.41, 5.74) is 0. The molecule has 1 aliphatic rings. The van der Waals surface area contributed by atoms with Crippen molar-refractivity contribution in [2.45, 2.75) is 30.3 Å². The number of hydrogen-bond acceptors (Lipinski definition) is 4. The fourth-order valence-corrected chi connectivity index (χ4v) is 4.47. The lowest BCUT2D eigenvalue weighted by atomic mass is 9.92. The predicted molar refractivity (Wildman–Crippen MR) is 83.5 cm³/mol. The van der Waals surface area contributed by atoms with Crippen molar-refractivity contribution in [1.82, 2.24) is 4.72 Å². The Labute approximate surface area is 133 Å². The van der Waals surface area contributed by atoms with Gasteiger partial charge in [-0.3, -0.25) is 0 Å². The van der Waals surface area contributed by atoms with Crippen LogP contribution in [-0.2, 0) is 14.8 Å². The molecule has 5 nitrogen and oxygen atoms in total. The molecule has 2 rings (SSSR count). The van der Waals surface area contributed by atoms with Crippen molar-refractivity contribution in [3.8, 4) is 0 Å². The third kappa shape index (κ3) is 4.75. The molecule has 1 saturated heterocycles. The second-order valence-electron chi connectivity index (χ2n) is 5.13. The van der Waals surface area contributed by atoms with E-state index in [1.807, 2.05) is 0 Å². The van der Waals surface area contributed by atoms with E-state index in [0.29, 0.717) is 24.1 Å². The maximum Gasteiger partial charge on any atom is 0.241 e. The van der Waals surface area contributed by atoms with Crippen LogP contribution in [-0.4, -0.2) is 39.4 Å². The molecule has 1 aliphatic heterocycles. The van der Waals surface area contributed by atoms with Crippen LogP contribution in [0.25, 0.3) is 0 Å². The molecule has 0 bridgehead atoms. The van der Waals surface area contributed by atoms with E-state index < -0.39 is 16.1 Å². The molecule has 0 aliphatic carbocycles. The number of benzene rings is 1. The zero-order valence-corrected chi connectivity index (χ0v) is 14.1. The van der Waals surface area contributed by atoms with Crippen LogP contribution in [0.15, 0.2) is 33.6 Å². The smallest absolute Gasteiger partial charge is 0.241 e. The molecule has 2 N–H and O–H groups in total. The first kappa shape index (κ1) is 16.9. The van der Waals surface area contributed by atoms with Crippen molar-refractivity contribution in [2.75, 3.05) is 19.8 Å². The topological polar surface area (TPSA) is 75.6 Å². The Bertz CT molecular complexity index is 558. The van der Waals surface area contributed by atoms with Gasteiger partial charge in [0.15, 0.2) is 0 Å². The van der Waals surface area contributed by atoms with Gasteiger partial charge in [-0.15, -0.1) is 0 Å². The Morgan fingerprint density at radius 2 is 2.00 bits per heavy atom. The Hall–Kier alpha value is -0.470. The van der Waals surface area contributed by atoms with Gasteiger partial charge in [-0.25, -0.2) is 13.1 Å². The van der Waals surface area contributed by atoms with Gasteiger partial charge in [0.1, 0.15) is 0 Å². The van der Waals surface area contributed by atoms with E-state index in [1.54, 1.807) is 24.3 Å². The summed E-state index contributed by atoms with van der Waals surface area (Å²) in [5, 5.41) is 10.1. The van der Waals surface area contributed by atoms with Gasteiger partial charge in [0.25, 0.3) is 0 Å². The highest BCUT2D eigenvalue weighted by molar-refractivity contribution is 9.10. The Balaban J connectivity index is 1.86. The van der Waals surface area contributed by atoms with Crippen LogP contribution in [0.5, 0.6) is 0 Å². The summed E-state index contributed by atoms with van der Waals surface area (Å²) in [6.07, 6.45) is 1.58. The largest absolute Gasteiger partial charge is 0.393 e. The monoisotopic (exact) mass is 377 g/mol. The molecule has 1 aromatic rings. The molecule has 0 aromatic heterocycles. The maximum absolute atomic E-state index is 12.2. The van der Waals surface area contributed by atoms with Crippen LogP contribution in [0.4, 0.5) is 0 Å². The summed E-state index contributed by atoms with van der Waals surface area (Å²) in [7, 11) is -3.55. The second kappa shape index (κ2) is 7.69. The van der Waals surface area contributed by atoms with Gasteiger partial charge in [0, 0.05) is 24.2 Å². The van der Waals surface area contributed by atoms with E-state index in [2.05, 4.69) is 20.7 Å². The lowest BCUT2D eigenvalue weighted by Crippen LogP contribution is -2.32. The van der Waals surface area contributed by atoms with E-state index in [1.165, 1.54) is 0 Å². The van der Waals surface area contributed by atoms with Crippen molar-refractivity contribution in [3.63, 3.8) is 0 Å². The number of hydrogen-bond donors (Lipinski definition) is 2. The first-order chi connectivity index (χ1) is 10.0. The molecular weight excluding hydrogens is 358 g/mol. The molecule has 1 atom stereocenters. The van der Waals surface area contributed by atoms with Crippen LogP contribution in [0.1, 0.15) is 19.3 Å². The van der Waals surface area contributed by atoms with Crippen LogP contribution >= 0.6 is 15.9 Å². The van der Waals surface area contributed by atoms with Gasteiger partial charge >= 0.3 is 0 Å². The molecule has 118 valence electrons. The standard InChI is InChI=1S/C14H20BrNO4S/c15-12-3-1-2-4-14(12)21(18,19)16-8-5-13(17)11-6-9-20-10-7-11/h1-4,11,13,16-17H,5-10H2. The molecule has 1 heterocycles. The van der Waals surface area contributed by atoms with Gasteiger partial charge in [-0.2, -0.15) is 0 Å². The highest BCUT2D eigenvalue weighted by atomic mass is 79.9. The van der Waals surface area contributed by atoms with Crippen LogP contribution in [0.3, 0.4) is 0 Å². The molecule has 1 fully saturated rings. The minimum Gasteiger partial charge on any atom is -0.393 e. The van der Waals surface area contributed by atoms with Crippen molar-refractivity contribution in [2.24, 2.45) is 5.92 Å². The number of sulfonamides is 1. The fourth-order valence-electron chi connectivity index (χ4n) is 2.42. The summed E-state index contributed by atoms with van der Waals surface area (Å²) >= 11 is 3.23. The highest BCUT2D eigenvalue weighted by Gasteiger charge is 2.23. The molecule has 0 spiro atoms. The van der Waals surface area contributed by atoms with Crippen molar-refractivity contribution < 1.29 is 18.3 Å². The zero-order valence-electron chi connectivity index (χ0n) is 11.7. The average Bonchev–Trinajstić information content (AvgIpc) is 2.48. The number of aliphatic hydroxyl groups excluding tert-OH is 1. The molecule has 0 saturated carbocycles. The Morgan fingerprint density at radius 1 is 1.33 bits per heavy atom. The summed E-state index contributed by atoms with van der Waals surface area (Å²) < 4.78 is 32.7. The van der Waals surface area contributed by atoms with E-state index in [-0.39, 0.29) is 17.4 Å². The molecule has 1 aromatic carbocycles. The first-order valence-electron chi connectivity index (χ1n) is 7.01. The SMILES string of the molecule is O=S(=O)(NCCC(O)C1CCOCC1)c1ccccc1Br. The summed E-state index contributed by atoms with van der Waals surface area (Å²) in [6, 6.07) is 6.67. The summed E-state index contributed by atoms with van der Waals surface area (Å²) in [6.45, 7) is 1.57. The Morgan fingerprint density at radius 3 is 2.67 bits per heavy atom. The van der Waals surface area contributed by atoms with Crippen LogP contribution in [0, 0.1) is 5.92 Å². The van der Waals surface area contributed by atoms with Crippen LogP contribution in [0.2, 0.25) is 0 Å². The van der Waals surface area contributed by atoms with Gasteiger partial charge in [0.05, 0.1) is 11.0 Å². The number of rotatable bonds is 6. The minimum absolute atomic E-state index is 0.201. The quantitative estimate of drug-likeness (QED) is 0.793. The molecular formula is C14H20BrNO4S. The number of halogens is 1. The third-order valence-electron chi connectivity index (χ3n) is 3.67. The zero-order chi connectivity index (χ0) is 15.3. The second-order valence-corrected chi connectivity index (χ2v) is 7.72. The molecule has 21 heavy (non-hydrogen) atoms.